The van der Waals surface area contributed by atoms with Crippen LogP contribution in [0.1, 0.15) is 27.2 Å². The van der Waals surface area contributed by atoms with E-state index in [1.54, 1.807) is 0 Å². The van der Waals surface area contributed by atoms with Crippen molar-refractivity contribution in [2.45, 2.75) is 38.9 Å². The molecule has 1 N–H and O–H groups in total. The summed E-state index contributed by atoms with van der Waals surface area (Å²) in [5.74, 6) is 0. The molecule has 1 saturated heterocycles. The summed E-state index contributed by atoms with van der Waals surface area (Å²) >= 11 is 0. The molecule has 1 atom stereocenters. The first-order valence-corrected chi connectivity index (χ1v) is 5.04. The first-order chi connectivity index (χ1) is 6.08. The van der Waals surface area contributed by atoms with Crippen LogP contribution in [0.5, 0.6) is 0 Å². The van der Waals surface area contributed by atoms with Crippen LogP contribution in [0.4, 0.5) is 0 Å². The molecule has 3 nitrogen and oxygen atoms in total. The zero-order valence-corrected chi connectivity index (χ0v) is 8.93. The van der Waals surface area contributed by atoms with Crippen LogP contribution in [0.2, 0.25) is 0 Å². The van der Waals surface area contributed by atoms with Gasteiger partial charge in [-0.15, -0.1) is 0 Å². The smallest absolute Gasteiger partial charge is 0.0722 e. The van der Waals surface area contributed by atoms with Crippen molar-refractivity contribution >= 4 is 0 Å². The number of nitrogens with one attached hydrogen (secondary N) is 1. The molecule has 0 saturated carbocycles. The second kappa shape index (κ2) is 4.94. The Morgan fingerprint density at radius 2 is 2.23 bits per heavy atom. The van der Waals surface area contributed by atoms with Gasteiger partial charge in [0.2, 0.25) is 0 Å². The first-order valence-electron chi connectivity index (χ1n) is 5.04. The molecule has 1 aliphatic rings. The molecule has 0 aliphatic carbocycles. The van der Waals surface area contributed by atoms with Crippen LogP contribution < -0.4 is 5.32 Å². The van der Waals surface area contributed by atoms with E-state index in [1.165, 1.54) is 0 Å². The van der Waals surface area contributed by atoms with Crippen molar-refractivity contribution in [3.05, 3.63) is 0 Å². The molecule has 1 unspecified atom stereocenters. The van der Waals surface area contributed by atoms with Gasteiger partial charge in [0.1, 0.15) is 0 Å². The Morgan fingerprint density at radius 3 is 2.77 bits per heavy atom. The van der Waals surface area contributed by atoms with E-state index in [2.05, 4.69) is 26.1 Å². The van der Waals surface area contributed by atoms with E-state index >= 15 is 0 Å². The topological polar surface area (TPSA) is 30.5 Å². The Kier molecular flexibility index (Phi) is 4.16. The second-order valence-corrected chi connectivity index (χ2v) is 4.45. The highest BCUT2D eigenvalue weighted by Gasteiger charge is 2.15. The van der Waals surface area contributed by atoms with Gasteiger partial charge < -0.3 is 14.8 Å². The molecular formula is C10H21NO2. The van der Waals surface area contributed by atoms with Crippen molar-refractivity contribution in [1.82, 2.24) is 5.32 Å². The molecular weight excluding hydrogens is 166 g/mol. The SMILES string of the molecule is CC(C)(C)OCCC1CNCCO1. The monoisotopic (exact) mass is 187 g/mol. The molecule has 13 heavy (non-hydrogen) atoms. The Balaban J connectivity index is 2.04. The lowest BCUT2D eigenvalue weighted by molar-refractivity contribution is -0.0391. The predicted octanol–water partition coefficient (Wildman–Crippen LogP) is 1.18. The highest BCUT2D eigenvalue weighted by molar-refractivity contribution is 4.67. The van der Waals surface area contributed by atoms with Crippen LogP contribution in [0.15, 0.2) is 0 Å². The highest BCUT2D eigenvalue weighted by atomic mass is 16.5. The molecule has 0 aromatic heterocycles. The van der Waals surface area contributed by atoms with Crippen molar-refractivity contribution in [3.63, 3.8) is 0 Å². The van der Waals surface area contributed by atoms with Crippen molar-refractivity contribution in [2.24, 2.45) is 0 Å². The minimum Gasteiger partial charge on any atom is -0.376 e. The third-order valence-corrected chi connectivity index (χ3v) is 1.98. The maximum absolute atomic E-state index is 5.62. The number of ether oxygens (including phenoxy) is 2. The Hall–Kier alpha value is -0.120. The quantitative estimate of drug-likeness (QED) is 0.719. The molecule has 0 bridgehead atoms. The molecule has 3 heteroatoms. The predicted molar refractivity (Wildman–Crippen MR) is 52.9 cm³/mol. The zero-order chi connectivity index (χ0) is 9.73. The number of morpholine rings is 1. The second-order valence-electron chi connectivity index (χ2n) is 4.45. The lowest BCUT2D eigenvalue weighted by Gasteiger charge is -2.25. The summed E-state index contributed by atoms with van der Waals surface area (Å²) in [6.45, 7) is 9.80. The molecule has 0 aromatic carbocycles. The zero-order valence-electron chi connectivity index (χ0n) is 8.93. The van der Waals surface area contributed by atoms with Crippen LogP contribution in [0.25, 0.3) is 0 Å². The van der Waals surface area contributed by atoms with E-state index in [0.29, 0.717) is 6.10 Å². The van der Waals surface area contributed by atoms with Gasteiger partial charge in [-0.3, -0.25) is 0 Å². The standard InChI is InChI=1S/C10H21NO2/c1-10(2,3)13-6-4-9-8-11-5-7-12-9/h9,11H,4-8H2,1-3H3. The normalized spacial score (nSPS) is 24.7. The largest absolute Gasteiger partial charge is 0.376 e. The molecule has 0 amide bonds. The number of hydrogen-bond donors (Lipinski definition) is 1. The Morgan fingerprint density at radius 1 is 1.46 bits per heavy atom. The van der Waals surface area contributed by atoms with Gasteiger partial charge in [0.25, 0.3) is 0 Å². The average Bonchev–Trinajstić information content (AvgIpc) is 2.04. The van der Waals surface area contributed by atoms with Crippen molar-refractivity contribution in [3.8, 4) is 0 Å². The molecule has 1 heterocycles. The summed E-state index contributed by atoms with van der Waals surface area (Å²) in [6.07, 6.45) is 1.33. The van der Waals surface area contributed by atoms with Gasteiger partial charge in [-0.05, 0) is 27.2 Å². The van der Waals surface area contributed by atoms with Gasteiger partial charge in [0, 0.05) is 19.7 Å². The van der Waals surface area contributed by atoms with E-state index in [-0.39, 0.29) is 5.60 Å². The van der Waals surface area contributed by atoms with Crippen molar-refractivity contribution in [2.75, 3.05) is 26.3 Å². The van der Waals surface area contributed by atoms with E-state index in [0.717, 1.165) is 32.7 Å². The maximum Gasteiger partial charge on any atom is 0.0722 e. The summed E-state index contributed by atoms with van der Waals surface area (Å²) < 4.78 is 11.2. The third kappa shape index (κ3) is 5.24. The van der Waals surface area contributed by atoms with Gasteiger partial charge in [-0.2, -0.15) is 0 Å². The molecule has 0 radical (unpaired) electrons. The fourth-order valence-corrected chi connectivity index (χ4v) is 1.30. The van der Waals surface area contributed by atoms with Gasteiger partial charge in [-0.1, -0.05) is 0 Å². The van der Waals surface area contributed by atoms with E-state index in [1.807, 2.05) is 0 Å². The highest BCUT2D eigenvalue weighted by Crippen LogP contribution is 2.09. The van der Waals surface area contributed by atoms with Gasteiger partial charge in [0.05, 0.1) is 18.3 Å². The molecule has 1 rings (SSSR count). The summed E-state index contributed by atoms with van der Waals surface area (Å²) in [6, 6.07) is 0. The molecule has 0 spiro atoms. The fourth-order valence-electron chi connectivity index (χ4n) is 1.30. The minimum absolute atomic E-state index is 0.0257. The Bertz CT molecular complexity index is 136. The van der Waals surface area contributed by atoms with E-state index in [4.69, 9.17) is 9.47 Å². The molecule has 1 fully saturated rings. The maximum atomic E-state index is 5.62. The molecule has 1 aliphatic heterocycles. The van der Waals surface area contributed by atoms with Crippen LogP contribution in [-0.4, -0.2) is 38.0 Å². The summed E-state index contributed by atoms with van der Waals surface area (Å²) in [4.78, 5) is 0. The van der Waals surface area contributed by atoms with Crippen LogP contribution in [0, 0.1) is 0 Å². The average molecular weight is 187 g/mol. The summed E-state index contributed by atoms with van der Waals surface area (Å²) in [7, 11) is 0. The number of rotatable bonds is 3. The molecule has 0 aromatic rings. The van der Waals surface area contributed by atoms with Gasteiger partial charge in [-0.25, -0.2) is 0 Å². The first kappa shape index (κ1) is 11.0. The third-order valence-electron chi connectivity index (χ3n) is 1.98. The Labute approximate surface area is 80.8 Å². The summed E-state index contributed by atoms with van der Waals surface area (Å²) in [5, 5.41) is 3.30. The van der Waals surface area contributed by atoms with Crippen molar-refractivity contribution < 1.29 is 9.47 Å². The molecule has 78 valence electrons. The number of hydrogen-bond acceptors (Lipinski definition) is 3. The van der Waals surface area contributed by atoms with Crippen molar-refractivity contribution in [1.29, 1.82) is 0 Å². The van der Waals surface area contributed by atoms with Gasteiger partial charge >= 0.3 is 0 Å². The fraction of sp³-hybridized carbons (Fsp3) is 1.00. The lowest BCUT2D eigenvalue weighted by atomic mass is 10.2. The van der Waals surface area contributed by atoms with Crippen LogP contribution in [-0.2, 0) is 9.47 Å². The van der Waals surface area contributed by atoms with Crippen LogP contribution in [0.3, 0.4) is 0 Å². The van der Waals surface area contributed by atoms with Gasteiger partial charge in [0.15, 0.2) is 0 Å². The summed E-state index contributed by atoms with van der Waals surface area (Å²) in [5.41, 5.74) is -0.0257. The minimum atomic E-state index is -0.0257. The van der Waals surface area contributed by atoms with E-state index < -0.39 is 0 Å². The van der Waals surface area contributed by atoms with E-state index in [9.17, 15) is 0 Å². The van der Waals surface area contributed by atoms with Crippen LogP contribution >= 0.6 is 0 Å². The lowest BCUT2D eigenvalue weighted by Crippen LogP contribution is -2.39.